The van der Waals surface area contributed by atoms with Crippen molar-refractivity contribution >= 4 is 17.4 Å². The molecule has 1 saturated heterocycles. The van der Waals surface area contributed by atoms with Gasteiger partial charge in [0.25, 0.3) is 0 Å². The maximum atomic E-state index is 11.6. The Hall–Kier alpha value is -1.97. The standard InChI is InChI=1S/C16H19N3O/c20-16-17-8-9-19(16)13-6-4-12(5-7-13)18-15-10-11-2-1-3-14(11)15/h1,3-7,11,14-15,18H,2,8-10H2,(H,17,20). The van der Waals surface area contributed by atoms with Crippen LogP contribution in [0.2, 0.25) is 0 Å². The highest BCUT2D eigenvalue weighted by atomic mass is 16.2. The van der Waals surface area contributed by atoms with Gasteiger partial charge in [0.1, 0.15) is 0 Å². The predicted octanol–water partition coefficient (Wildman–Crippen LogP) is 2.59. The second-order valence-electron chi connectivity index (χ2n) is 5.92. The number of hydrogen-bond acceptors (Lipinski definition) is 2. The number of fused-ring (bicyclic) bond motifs is 1. The summed E-state index contributed by atoms with van der Waals surface area (Å²) in [7, 11) is 0. The smallest absolute Gasteiger partial charge is 0.321 e. The lowest BCUT2D eigenvalue weighted by molar-refractivity contribution is 0.218. The van der Waals surface area contributed by atoms with E-state index in [1.807, 2.05) is 12.1 Å². The SMILES string of the molecule is O=C1NCCN1c1ccc(NC2CC3CC=CC32)cc1. The summed E-state index contributed by atoms with van der Waals surface area (Å²) in [5, 5.41) is 6.43. The Labute approximate surface area is 118 Å². The van der Waals surface area contributed by atoms with Gasteiger partial charge in [-0.1, -0.05) is 12.2 Å². The maximum Gasteiger partial charge on any atom is 0.321 e. The van der Waals surface area contributed by atoms with E-state index in [-0.39, 0.29) is 6.03 Å². The van der Waals surface area contributed by atoms with Gasteiger partial charge >= 0.3 is 6.03 Å². The van der Waals surface area contributed by atoms with Crippen LogP contribution in [0.25, 0.3) is 0 Å². The van der Waals surface area contributed by atoms with Gasteiger partial charge in [-0.25, -0.2) is 4.79 Å². The van der Waals surface area contributed by atoms with E-state index in [0.717, 1.165) is 36.3 Å². The van der Waals surface area contributed by atoms with Crippen molar-refractivity contribution in [1.82, 2.24) is 5.32 Å². The van der Waals surface area contributed by atoms with Gasteiger partial charge in [0.15, 0.2) is 0 Å². The van der Waals surface area contributed by atoms with Crippen molar-refractivity contribution in [3.8, 4) is 0 Å². The van der Waals surface area contributed by atoms with Crippen LogP contribution in [-0.4, -0.2) is 25.2 Å². The molecule has 1 heterocycles. The van der Waals surface area contributed by atoms with Crippen molar-refractivity contribution in [2.75, 3.05) is 23.3 Å². The third kappa shape index (κ3) is 1.87. The molecule has 4 rings (SSSR count). The summed E-state index contributed by atoms with van der Waals surface area (Å²) in [6.45, 7) is 1.49. The topological polar surface area (TPSA) is 44.4 Å². The van der Waals surface area contributed by atoms with Crippen molar-refractivity contribution in [1.29, 1.82) is 0 Å². The molecule has 1 aromatic carbocycles. The van der Waals surface area contributed by atoms with Crippen LogP contribution in [0.15, 0.2) is 36.4 Å². The molecule has 2 N–H and O–H groups in total. The van der Waals surface area contributed by atoms with E-state index in [9.17, 15) is 4.79 Å². The zero-order valence-corrected chi connectivity index (χ0v) is 11.4. The van der Waals surface area contributed by atoms with Crippen LogP contribution in [0.1, 0.15) is 12.8 Å². The Morgan fingerprint density at radius 1 is 1.25 bits per heavy atom. The summed E-state index contributed by atoms with van der Waals surface area (Å²) < 4.78 is 0. The first kappa shape index (κ1) is 11.8. The van der Waals surface area contributed by atoms with Gasteiger partial charge in [0.2, 0.25) is 0 Å². The second-order valence-corrected chi connectivity index (χ2v) is 5.92. The summed E-state index contributed by atoms with van der Waals surface area (Å²) in [5.41, 5.74) is 2.12. The molecular formula is C16H19N3O. The average Bonchev–Trinajstić information content (AvgIpc) is 3.03. The zero-order valence-electron chi connectivity index (χ0n) is 11.4. The normalized spacial score (nSPS) is 30.9. The number of benzene rings is 1. The fourth-order valence-electron chi connectivity index (χ4n) is 3.55. The van der Waals surface area contributed by atoms with Gasteiger partial charge in [-0.15, -0.1) is 0 Å². The van der Waals surface area contributed by atoms with E-state index in [0.29, 0.717) is 6.04 Å². The number of allylic oxidation sites excluding steroid dienone is 1. The molecular weight excluding hydrogens is 250 g/mol. The number of urea groups is 1. The minimum absolute atomic E-state index is 0.00337. The number of rotatable bonds is 3. The number of nitrogens with one attached hydrogen (secondary N) is 2. The molecule has 0 aromatic heterocycles. The Kier molecular flexibility index (Phi) is 2.69. The molecule has 4 nitrogen and oxygen atoms in total. The Morgan fingerprint density at radius 3 is 2.80 bits per heavy atom. The first-order valence-electron chi connectivity index (χ1n) is 7.40. The molecule has 3 unspecified atom stereocenters. The summed E-state index contributed by atoms with van der Waals surface area (Å²) in [6.07, 6.45) is 7.20. The molecule has 2 fully saturated rings. The third-order valence-corrected chi connectivity index (χ3v) is 4.75. The quantitative estimate of drug-likeness (QED) is 0.828. The number of hydrogen-bond donors (Lipinski definition) is 2. The second kappa shape index (κ2) is 4.54. The van der Waals surface area contributed by atoms with Gasteiger partial charge in [-0.2, -0.15) is 0 Å². The van der Waals surface area contributed by atoms with Gasteiger partial charge in [0.05, 0.1) is 0 Å². The lowest BCUT2D eigenvalue weighted by Gasteiger charge is -2.41. The number of carbonyl (C=O) groups is 1. The number of anilines is 2. The Balaban J connectivity index is 1.42. The van der Waals surface area contributed by atoms with E-state index in [2.05, 4.69) is 34.9 Å². The number of carbonyl (C=O) groups excluding carboxylic acids is 1. The van der Waals surface area contributed by atoms with E-state index in [1.54, 1.807) is 4.90 Å². The molecule has 3 aliphatic rings. The Bertz CT molecular complexity index is 551. The van der Waals surface area contributed by atoms with Crippen molar-refractivity contribution in [3.05, 3.63) is 36.4 Å². The zero-order chi connectivity index (χ0) is 13.5. The first-order valence-corrected chi connectivity index (χ1v) is 7.40. The van der Waals surface area contributed by atoms with Crippen LogP contribution < -0.4 is 15.5 Å². The predicted molar refractivity (Wildman–Crippen MR) is 80.0 cm³/mol. The molecule has 0 radical (unpaired) electrons. The van der Waals surface area contributed by atoms with Crippen LogP contribution >= 0.6 is 0 Å². The highest BCUT2D eigenvalue weighted by Crippen LogP contribution is 2.44. The van der Waals surface area contributed by atoms with Crippen LogP contribution in [0, 0.1) is 11.8 Å². The van der Waals surface area contributed by atoms with Gasteiger partial charge < -0.3 is 10.6 Å². The highest BCUT2D eigenvalue weighted by molar-refractivity contribution is 5.94. The Morgan fingerprint density at radius 2 is 2.10 bits per heavy atom. The molecule has 20 heavy (non-hydrogen) atoms. The van der Waals surface area contributed by atoms with E-state index in [4.69, 9.17) is 0 Å². The lowest BCUT2D eigenvalue weighted by atomic mass is 9.71. The van der Waals surface area contributed by atoms with E-state index in [1.165, 1.54) is 12.8 Å². The van der Waals surface area contributed by atoms with Crippen LogP contribution in [0.5, 0.6) is 0 Å². The maximum absolute atomic E-state index is 11.6. The number of amides is 2. The van der Waals surface area contributed by atoms with Gasteiger partial charge in [0, 0.05) is 36.4 Å². The van der Waals surface area contributed by atoms with E-state index >= 15 is 0 Å². The van der Waals surface area contributed by atoms with E-state index < -0.39 is 0 Å². The minimum atomic E-state index is 0.00337. The fraction of sp³-hybridized carbons (Fsp3) is 0.438. The van der Waals surface area contributed by atoms with Crippen molar-refractivity contribution in [2.24, 2.45) is 11.8 Å². The summed E-state index contributed by atoms with van der Waals surface area (Å²) in [6, 6.07) is 8.78. The van der Waals surface area contributed by atoms with Crippen molar-refractivity contribution in [2.45, 2.75) is 18.9 Å². The molecule has 104 valence electrons. The van der Waals surface area contributed by atoms with Gasteiger partial charge in [-0.05, 0) is 43.0 Å². The molecule has 1 saturated carbocycles. The van der Waals surface area contributed by atoms with Crippen LogP contribution in [-0.2, 0) is 0 Å². The van der Waals surface area contributed by atoms with Crippen molar-refractivity contribution < 1.29 is 4.79 Å². The highest BCUT2D eigenvalue weighted by Gasteiger charge is 2.40. The van der Waals surface area contributed by atoms with Crippen LogP contribution in [0.3, 0.4) is 0 Å². The fourth-order valence-corrected chi connectivity index (χ4v) is 3.55. The summed E-state index contributed by atoms with van der Waals surface area (Å²) >= 11 is 0. The summed E-state index contributed by atoms with van der Waals surface area (Å²) in [4.78, 5) is 13.4. The molecule has 0 bridgehead atoms. The van der Waals surface area contributed by atoms with Crippen LogP contribution in [0.4, 0.5) is 16.2 Å². The largest absolute Gasteiger partial charge is 0.382 e. The molecule has 1 aromatic rings. The molecule has 3 atom stereocenters. The monoisotopic (exact) mass is 269 g/mol. The average molecular weight is 269 g/mol. The minimum Gasteiger partial charge on any atom is -0.382 e. The molecule has 1 aliphatic heterocycles. The third-order valence-electron chi connectivity index (χ3n) is 4.75. The molecule has 4 heteroatoms. The number of nitrogens with zero attached hydrogens (tertiary/aromatic N) is 1. The molecule has 2 aliphatic carbocycles. The first-order chi connectivity index (χ1) is 9.81. The van der Waals surface area contributed by atoms with Crippen molar-refractivity contribution in [3.63, 3.8) is 0 Å². The van der Waals surface area contributed by atoms with Gasteiger partial charge in [-0.3, -0.25) is 4.90 Å². The summed E-state index contributed by atoms with van der Waals surface area (Å²) in [5.74, 6) is 1.60. The lowest BCUT2D eigenvalue weighted by Crippen LogP contribution is -2.43. The molecule has 0 spiro atoms. The molecule has 2 amide bonds.